The highest BCUT2D eigenvalue weighted by Gasteiger charge is 2.23. The van der Waals surface area contributed by atoms with Crippen molar-refractivity contribution in [1.29, 1.82) is 0 Å². The van der Waals surface area contributed by atoms with E-state index >= 15 is 0 Å². The largest absolute Gasteiger partial charge is 0.495 e. The zero-order valence-electron chi connectivity index (χ0n) is 16.1. The van der Waals surface area contributed by atoms with E-state index < -0.39 is 10.0 Å². The number of nitrogens with zero attached hydrogens (tertiary/aromatic N) is 1. The number of hydrogen-bond acceptors (Lipinski definition) is 4. The highest BCUT2D eigenvalue weighted by molar-refractivity contribution is 7.89. The number of benzene rings is 2. The first-order valence-electron chi connectivity index (χ1n) is 8.71. The molecule has 0 aromatic heterocycles. The second kappa shape index (κ2) is 9.01. The summed E-state index contributed by atoms with van der Waals surface area (Å²) in [5.41, 5.74) is 1.50. The lowest BCUT2D eigenvalue weighted by Gasteiger charge is -2.16. The molecule has 1 amide bonds. The molecule has 1 atom stereocenters. The quantitative estimate of drug-likeness (QED) is 0.752. The van der Waals surface area contributed by atoms with Crippen LogP contribution in [-0.4, -0.2) is 46.4 Å². The van der Waals surface area contributed by atoms with Crippen molar-refractivity contribution in [2.75, 3.05) is 27.7 Å². The lowest BCUT2D eigenvalue weighted by molar-refractivity contribution is 0.0952. The summed E-state index contributed by atoms with van der Waals surface area (Å²) >= 11 is 0. The van der Waals surface area contributed by atoms with Crippen molar-refractivity contribution in [2.24, 2.45) is 0 Å². The van der Waals surface area contributed by atoms with Gasteiger partial charge in [-0.1, -0.05) is 37.3 Å². The van der Waals surface area contributed by atoms with Gasteiger partial charge in [0.2, 0.25) is 10.0 Å². The Kier molecular flexibility index (Phi) is 6.98. The molecule has 0 radical (unpaired) electrons. The van der Waals surface area contributed by atoms with Crippen molar-refractivity contribution in [3.05, 3.63) is 59.7 Å². The van der Waals surface area contributed by atoms with Crippen LogP contribution in [0.5, 0.6) is 5.75 Å². The van der Waals surface area contributed by atoms with Gasteiger partial charge >= 0.3 is 0 Å². The average Bonchev–Trinajstić information content (AvgIpc) is 2.67. The molecule has 27 heavy (non-hydrogen) atoms. The molecule has 0 aliphatic rings. The molecule has 6 nitrogen and oxygen atoms in total. The molecule has 2 aromatic carbocycles. The van der Waals surface area contributed by atoms with Crippen LogP contribution in [0.4, 0.5) is 0 Å². The van der Waals surface area contributed by atoms with Gasteiger partial charge in [0.05, 0.1) is 7.11 Å². The van der Waals surface area contributed by atoms with Crippen LogP contribution in [0.3, 0.4) is 0 Å². The Labute approximate surface area is 161 Å². The Bertz CT molecular complexity index is 880. The molecule has 2 rings (SSSR count). The van der Waals surface area contributed by atoms with Gasteiger partial charge in [0.15, 0.2) is 0 Å². The third-order valence-electron chi connectivity index (χ3n) is 4.42. The minimum Gasteiger partial charge on any atom is -0.495 e. The van der Waals surface area contributed by atoms with E-state index in [0.29, 0.717) is 12.5 Å². The van der Waals surface area contributed by atoms with Crippen LogP contribution >= 0.6 is 0 Å². The highest BCUT2D eigenvalue weighted by atomic mass is 32.2. The average molecular weight is 391 g/mol. The molecule has 0 bridgehead atoms. The summed E-state index contributed by atoms with van der Waals surface area (Å²) in [4.78, 5) is 12.4. The van der Waals surface area contributed by atoms with E-state index in [9.17, 15) is 13.2 Å². The second-order valence-electron chi connectivity index (χ2n) is 6.51. The van der Waals surface area contributed by atoms with Gasteiger partial charge in [0.25, 0.3) is 5.91 Å². The molecule has 0 saturated heterocycles. The highest BCUT2D eigenvalue weighted by Crippen LogP contribution is 2.27. The van der Waals surface area contributed by atoms with Crippen molar-refractivity contribution in [3.63, 3.8) is 0 Å². The molecule has 0 saturated carbocycles. The van der Waals surface area contributed by atoms with Crippen LogP contribution in [-0.2, 0) is 10.0 Å². The minimum atomic E-state index is -3.72. The van der Waals surface area contributed by atoms with Crippen molar-refractivity contribution in [3.8, 4) is 5.75 Å². The Morgan fingerprint density at radius 1 is 1.15 bits per heavy atom. The Balaban J connectivity index is 2.08. The fraction of sp³-hybridized carbons (Fsp3) is 0.350. The third-order valence-corrected chi connectivity index (χ3v) is 6.25. The van der Waals surface area contributed by atoms with Gasteiger partial charge < -0.3 is 10.1 Å². The Hall–Kier alpha value is -2.38. The van der Waals surface area contributed by atoms with Gasteiger partial charge in [-0.3, -0.25) is 4.79 Å². The van der Waals surface area contributed by atoms with Crippen LogP contribution in [0.15, 0.2) is 53.4 Å². The molecular formula is C20H26N2O4S. The zero-order chi connectivity index (χ0) is 20.0. The van der Waals surface area contributed by atoms with Gasteiger partial charge in [-0.25, -0.2) is 12.7 Å². The van der Waals surface area contributed by atoms with E-state index in [2.05, 4.69) is 24.4 Å². The maximum Gasteiger partial charge on any atom is 0.251 e. The van der Waals surface area contributed by atoms with Crippen LogP contribution in [0.1, 0.15) is 35.2 Å². The summed E-state index contributed by atoms with van der Waals surface area (Å²) in [6.45, 7) is 2.60. The Morgan fingerprint density at radius 2 is 1.81 bits per heavy atom. The standard InChI is InChI=1S/C20H26N2O4S/c1-15(16-8-6-5-7-9-16)12-13-21-20(23)17-10-11-18(26-4)19(14-17)27(24,25)22(2)3/h5-11,14-15H,12-13H2,1-4H3,(H,21,23). The maximum atomic E-state index is 12.5. The van der Waals surface area contributed by atoms with Crippen LogP contribution < -0.4 is 10.1 Å². The number of nitrogens with one attached hydrogen (secondary N) is 1. The molecule has 2 aromatic rings. The van der Waals surface area contributed by atoms with Crippen LogP contribution in [0, 0.1) is 0 Å². The number of methoxy groups -OCH3 is 1. The number of hydrogen-bond donors (Lipinski definition) is 1. The number of amides is 1. The van der Waals surface area contributed by atoms with E-state index in [1.54, 1.807) is 6.07 Å². The van der Waals surface area contributed by atoms with Gasteiger partial charge in [0.1, 0.15) is 10.6 Å². The summed E-state index contributed by atoms with van der Waals surface area (Å²) in [7, 11) is 0.554. The van der Waals surface area contributed by atoms with Crippen LogP contribution in [0.2, 0.25) is 0 Å². The number of sulfonamides is 1. The fourth-order valence-electron chi connectivity index (χ4n) is 2.67. The minimum absolute atomic E-state index is 0.0275. The smallest absolute Gasteiger partial charge is 0.251 e. The fourth-order valence-corrected chi connectivity index (χ4v) is 3.74. The van der Waals surface area contributed by atoms with Crippen molar-refractivity contribution >= 4 is 15.9 Å². The first-order valence-corrected chi connectivity index (χ1v) is 10.1. The molecular weight excluding hydrogens is 364 g/mol. The van der Waals surface area contributed by atoms with Gasteiger partial charge in [-0.05, 0) is 36.1 Å². The third kappa shape index (κ3) is 5.08. The van der Waals surface area contributed by atoms with E-state index in [0.717, 1.165) is 10.7 Å². The summed E-state index contributed by atoms with van der Waals surface area (Å²) in [6.07, 6.45) is 0.786. The predicted octanol–water partition coefficient (Wildman–Crippen LogP) is 2.87. The first-order chi connectivity index (χ1) is 12.8. The summed E-state index contributed by atoms with van der Waals surface area (Å²) in [6, 6.07) is 14.5. The van der Waals surface area contributed by atoms with Crippen molar-refractivity contribution in [2.45, 2.75) is 24.2 Å². The predicted molar refractivity (Wildman–Crippen MR) is 106 cm³/mol. The number of carbonyl (C=O) groups is 1. The molecule has 0 aliphatic heterocycles. The summed E-state index contributed by atoms with van der Waals surface area (Å²) in [5, 5.41) is 2.86. The zero-order valence-corrected chi connectivity index (χ0v) is 16.9. The van der Waals surface area contributed by atoms with E-state index in [4.69, 9.17) is 4.74 Å². The molecule has 146 valence electrons. The lowest BCUT2D eigenvalue weighted by atomic mass is 9.98. The van der Waals surface area contributed by atoms with Crippen molar-refractivity contribution < 1.29 is 17.9 Å². The van der Waals surface area contributed by atoms with E-state index in [1.165, 1.54) is 38.9 Å². The molecule has 7 heteroatoms. The van der Waals surface area contributed by atoms with E-state index in [1.807, 2.05) is 18.2 Å². The SMILES string of the molecule is COc1ccc(C(=O)NCCC(C)c2ccccc2)cc1S(=O)(=O)N(C)C. The summed E-state index contributed by atoms with van der Waals surface area (Å²) < 4.78 is 31.2. The van der Waals surface area contributed by atoms with Gasteiger partial charge in [-0.2, -0.15) is 0 Å². The molecule has 1 unspecified atom stereocenters. The normalized spacial score (nSPS) is 12.6. The first kappa shape index (κ1) is 20.9. The Morgan fingerprint density at radius 3 is 2.41 bits per heavy atom. The molecule has 1 N–H and O–H groups in total. The molecule has 0 fully saturated rings. The van der Waals surface area contributed by atoms with Gasteiger partial charge in [0, 0.05) is 26.2 Å². The topological polar surface area (TPSA) is 75.7 Å². The molecule has 0 spiro atoms. The number of rotatable bonds is 8. The maximum absolute atomic E-state index is 12.5. The summed E-state index contributed by atoms with van der Waals surface area (Å²) in [5.74, 6) is 0.207. The number of carbonyl (C=O) groups excluding carboxylic acids is 1. The molecule has 0 aliphatic carbocycles. The monoisotopic (exact) mass is 390 g/mol. The lowest BCUT2D eigenvalue weighted by Crippen LogP contribution is -2.27. The second-order valence-corrected chi connectivity index (χ2v) is 8.63. The van der Waals surface area contributed by atoms with Gasteiger partial charge in [-0.15, -0.1) is 0 Å². The molecule has 0 heterocycles. The van der Waals surface area contributed by atoms with Crippen LogP contribution in [0.25, 0.3) is 0 Å². The number of ether oxygens (including phenoxy) is 1. The van der Waals surface area contributed by atoms with Crippen molar-refractivity contribution in [1.82, 2.24) is 9.62 Å². The van der Waals surface area contributed by atoms with E-state index in [-0.39, 0.29) is 22.1 Å².